The van der Waals surface area contributed by atoms with Gasteiger partial charge in [0.15, 0.2) is 11.5 Å². The molecule has 148 valence electrons. The molecule has 1 fully saturated rings. The van der Waals surface area contributed by atoms with Crippen LogP contribution in [0, 0.1) is 17.1 Å². The number of hydrogen-bond donors (Lipinski definition) is 1. The second kappa shape index (κ2) is 7.33. The number of aliphatic hydroxyl groups excluding tert-OH is 1. The van der Waals surface area contributed by atoms with Crippen LogP contribution in [0.25, 0.3) is 11.3 Å². The van der Waals surface area contributed by atoms with Crippen LogP contribution in [0.15, 0.2) is 35.2 Å². The minimum absolute atomic E-state index is 0.0735. The van der Waals surface area contributed by atoms with E-state index in [9.17, 15) is 26.7 Å². The highest BCUT2D eigenvalue weighted by Gasteiger charge is 2.49. The molecule has 1 aromatic carbocycles. The predicted octanol–water partition coefficient (Wildman–Crippen LogP) is 2.80. The first-order valence-electron chi connectivity index (χ1n) is 7.96. The van der Waals surface area contributed by atoms with Gasteiger partial charge < -0.3 is 5.11 Å². The van der Waals surface area contributed by atoms with Gasteiger partial charge in [-0.05, 0) is 30.3 Å². The Kier molecular flexibility index (Phi) is 5.38. The largest absolute Gasteiger partial charge is 0.395 e. The molecule has 1 N–H and O–H groups in total. The third kappa shape index (κ3) is 3.71. The number of nitriles is 1. The number of aliphatic hydroxyl groups is 1. The number of alkyl halides is 2. The SMILES string of the molecule is N#Cc1nc(-c2ccc(S(=O)(=O)N3CC(F)(F)CC3CO)cc2Cl)ccc1F. The lowest BCUT2D eigenvalue weighted by Gasteiger charge is -2.22. The van der Waals surface area contributed by atoms with Crippen molar-refractivity contribution in [1.29, 1.82) is 5.26 Å². The van der Waals surface area contributed by atoms with Gasteiger partial charge in [-0.25, -0.2) is 26.6 Å². The normalized spacial score (nSPS) is 19.5. The molecule has 0 bridgehead atoms. The summed E-state index contributed by atoms with van der Waals surface area (Å²) in [5.74, 6) is -4.05. The summed E-state index contributed by atoms with van der Waals surface area (Å²) in [6.45, 7) is -1.78. The number of rotatable bonds is 4. The molecule has 0 aliphatic carbocycles. The van der Waals surface area contributed by atoms with Gasteiger partial charge in [-0.2, -0.15) is 9.57 Å². The Labute approximate surface area is 163 Å². The van der Waals surface area contributed by atoms with Crippen LogP contribution in [-0.4, -0.2) is 47.9 Å². The predicted molar refractivity (Wildman–Crippen MR) is 93.7 cm³/mol. The van der Waals surface area contributed by atoms with E-state index >= 15 is 0 Å². The smallest absolute Gasteiger partial charge is 0.263 e. The van der Waals surface area contributed by atoms with E-state index < -0.39 is 53.1 Å². The highest BCUT2D eigenvalue weighted by atomic mass is 35.5. The second-order valence-corrected chi connectivity index (χ2v) is 8.52. The van der Waals surface area contributed by atoms with Crippen molar-refractivity contribution in [2.75, 3.05) is 13.2 Å². The lowest BCUT2D eigenvalue weighted by Crippen LogP contribution is -2.38. The average molecular weight is 432 g/mol. The fraction of sp³-hybridized carbons (Fsp3) is 0.294. The molecule has 11 heteroatoms. The highest BCUT2D eigenvalue weighted by Crippen LogP contribution is 2.37. The Morgan fingerprint density at radius 2 is 2.07 bits per heavy atom. The Bertz CT molecular complexity index is 1070. The molecule has 1 aromatic heterocycles. The van der Waals surface area contributed by atoms with Crippen molar-refractivity contribution in [3.8, 4) is 17.3 Å². The fourth-order valence-corrected chi connectivity index (χ4v) is 4.99. The minimum Gasteiger partial charge on any atom is -0.395 e. The maximum atomic E-state index is 13.6. The molecule has 3 rings (SSSR count). The van der Waals surface area contributed by atoms with E-state index in [0.717, 1.165) is 18.2 Å². The fourth-order valence-electron chi connectivity index (χ4n) is 2.98. The van der Waals surface area contributed by atoms with Crippen molar-refractivity contribution in [2.24, 2.45) is 0 Å². The average Bonchev–Trinajstić information content (AvgIpc) is 2.98. The number of halogens is 4. The first-order chi connectivity index (χ1) is 13.1. The number of sulfonamides is 1. The second-order valence-electron chi connectivity index (χ2n) is 6.23. The lowest BCUT2D eigenvalue weighted by molar-refractivity contribution is 0.0161. The van der Waals surface area contributed by atoms with Gasteiger partial charge in [0, 0.05) is 12.0 Å². The lowest BCUT2D eigenvalue weighted by atomic mass is 10.1. The summed E-state index contributed by atoms with van der Waals surface area (Å²) in [4.78, 5) is 3.49. The molecule has 1 atom stereocenters. The Balaban J connectivity index is 1.99. The first kappa shape index (κ1) is 20.5. The first-order valence-corrected chi connectivity index (χ1v) is 9.78. The summed E-state index contributed by atoms with van der Waals surface area (Å²) >= 11 is 6.14. The summed E-state index contributed by atoms with van der Waals surface area (Å²) in [7, 11) is -4.34. The molecule has 1 aliphatic rings. The molecule has 1 unspecified atom stereocenters. The van der Waals surface area contributed by atoms with Gasteiger partial charge in [-0.1, -0.05) is 11.6 Å². The molecule has 0 saturated carbocycles. The van der Waals surface area contributed by atoms with Crippen LogP contribution in [0.1, 0.15) is 12.1 Å². The van der Waals surface area contributed by atoms with E-state index in [-0.39, 0.29) is 21.2 Å². The summed E-state index contributed by atoms with van der Waals surface area (Å²) < 4.78 is 66.8. The van der Waals surface area contributed by atoms with Crippen LogP contribution >= 0.6 is 11.6 Å². The van der Waals surface area contributed by atoms with Crippen molar-refractivity contribution < 1.29 is 26.7 Å². The summed E-state index contributed by atoms with van der Waals surface area (Å²) in [5, 5.41) is 18.1. The molecule has 0 spiro atoms. The van der Waals surface area contributed by atoms with Crippen molar-refractivity contribution in [3.63, 3.8) is 0 Å². The quantitative estimate of drug-likeness (QED) is 0.803. The Hall–Kier alpha value is -2.19. The van der Waals surface area contributed by atoms with Gasteiger partial charge in [0.05, 0.1) is 34.8 Å². The monoisotopic (exact) mass is 431 g/mol. The maximum absolute atomic E-state index is 13.6. The molecular weight excluding hydrogens is 419 g/mol. The summed E-state index contributed by atoms with van der Waals surface area (Å²) in [5.41, 5.74) is -0.0641. The van der Waals surface area contributed by atoms with Gasteiger partial charge in [0.2, 0.25) is 10.0 Å². The van der Waals surface area contributed by atoms with Gasteiger partial charge in [0.25, 0.3) is 5.92 Å². The summed E-state index contributed by atoms with van der Waals surface area (Å²) in [6.07, 6.45) is -0.773. The van der Waals surface area contributed by atoms with Crippen LogP contribution in [0.3, 0.4) is 0 Å². The molecule has 1 aliphatic heterocycles. The molecule has 0 amide bonds. The number of nitrogens with zero attached hydrogens (tertiary/aromatic N) is 3. The maximum Gasteiger partial charge on any atom is 0.263 e. The Morgan fingerprint density at radius 1 is 1.36 bits per heavy atom. The van der Waals surface area contributed by atoms with Gasteiger partial charge in [-0.15, -0.1) is 0 Å². The van der Waals surface area contributed by atoms with Gasteiger partial charge in [-0.3, -0.25) is 0 Å². The zero-order chi connectivity index (χ0) is 20.7. The van der Waals surface area contributed by atoms with E-state index in [2.05, 4.69) is 4.98 Å². The van der Waals surface area contributed by atoms with E-state index in [1.54, 1.807) is 6.07 Å². The zero-order valence-corrected chi connectivity index (χ0v) is 15.7. The van der Waals surface area contributed by atoms with Crippen molar-refractivity contribution in [3.05, 3.63) is 46.9 Å². The zero-order valence-electron chi connectivity index (χ0n) is 14.1. The molecular formula is C17H13ClF3N3O3S. The van der Waals surface area contributed by atoms with Gasteiger partial charge in [0.1, 0.15) is 6.07 Å². The topological polar surface area (TPSA) is 94.3 Å². The van der Waals surface area contributed by atoms with E-state index in [1.807, 2.05) is 0 Å². The molecule has 2 heterocycles. The summed E-state index contributed by atoms with van der Waals surface area (Å²) in [6, 6.07) is 6.16. The van der Waals surface area contributed by atoms with Crippen molar-refractivity contribution >= 4 is 21.6 Å². The van der Waals surface area contributed by atoms with Crippen LogP contribution in [-0.2, 0) is 10.0 Å². The van der Waals surface area contributed by atoms with Gasteiger partial charge >= 0.3 is 0 Å². The number of pyridine rings is 1. The molecule has 6 nitrogen and oxygen atoms in total. The van der Waals surface area contributed by atoms with E-state index in [4.69, 9.17) is 16.9 Å². The van der Waals surface area contributed by atoms with Crippen molar-refractivity contribution in [2.45, 2.75) is 23.3 Å². The molecule has 1 saturated heterocycles. The molecule has 28 heavy (non-hydrogen) atoms. The Morgan fingerprint density at radius 3 is 2.68 bits per heavy atom. The van der Waals surface area contributed by atoms with Crippen molar-refractivity contribution in [1.82, 2.24) is 9.29 Å². The standard InChI is InChI=1S/C17H13ClF3N3O3S/c18-13-5-11(28(26,27)24-9-17(20,21)6-10(24)8-25)1-2-12(13)15-4-3-14(19)16(7-22)23-15/h1-5,10,25H,6,8-9H2. The highest BCUT2D eigenvalue weighted by molar-refractivity contribution is 7.89. The number of aromatic nitrogens is 1. The number of benzene rings is 1. The van der Waals surface area contributed by atoms with Crippen LogP contribution in [0.5, 0.6) is 0 Å². The third-order valence-corrected chi connectivity index (χ3v) is 6.52. The van der Waals surface area contributed by atoms with E-state index in [1.165, 1.54) is 12.1 Å². The van der Waals surface area contributed by atoms with Crippen LogP contribution in [0.2, 0.25) is 5.02 Å². The van der Waals surface area contributed by atoms with Crippen LogP contribution in [0.4, 0.5) is 13.2 Å². The number of hydrogen-bond acceptors (Lipinski definition) is 5. The molecule has 0 radical (unpaired) electrons. The minimum atomic E-state index is -4.34. The molecule has 2 aromatic rings. The third-order valence-electron chi connectivity index (χ3n) is 4.31. The van der Waals surface area contributed by atoms with Crippen LogP contribution < -0.4 is 0 Å². The van der Waals surface area contributed by atoms with E-state index in [0.29, 0.717) is 4.31 Å².